The van der Waals surface area contributed by atoms with Gasteiger partial charge in [-0.05, 0) is 57.4 Å². The minimum Gasteiger partial charge on any atom is -0.466 e. The van der Waals surface area contributed by atoms with Crippen molar-refractivity contribution in [2.24, 2.45) is 0 Å². The molecule has 1 atom stereocenters. The molecule has 6 heteroatoms. The summed E-state index contributed by atoms with van der Waals surface area (Å²) in [5, 5.41) is 0.731. The number of nitrogens with zero attached hydrogens (tertiary/aromatic N) is 1. The van der Waals surface area contributed by atoms with Gasteiger partial charge < -0.3 is 9.47 Å². The van der Waals surface area contributed by atoms with Crippen LogP contribution in [0.1, 0.15) is 50.7 Å². The number of hydrogen-bond donors (Lipinski definition) is 0. The zero-order valence-corrected chi connectivity index (χ0v) is 16.6. The Kier molecular flexibility index (Phi) is 7.47. The van der Waals surface area contributed by atoms with Crippen LogP contribution < -0.4 is 0 Å². The Morgan fingerprint density at radius 2 is 1.88 bits per heavy atom. The van der Waals surface area contributed by atoms with E-state index in [-0.39, 0.29) is 24.8 Å². The van der Waals surface area contributed by atoms with Crippen LogP contribution in [0.5, 0.6) is 0 Å². The van der Waals surface area contributed by atoms with Crippen molar-refractivity contribution in [1.29, 1.82) is 0 Å². The molecule has 0 aliphatic heterocycles. The molecule has 1 aliphatic rings. The molecule has 1 aliphatic carbocycles. The summed E-state index contributed by atoms with van der Waals surface area (Å²) >= 11 is 6.43. The van der Waals surface area contributed by atoms with Crippen molar-refractivity contribution in [3.63, 3.8) is 0 Å². The summed E-state index contributed by atoms with van der Waals surface area (Å²) in [6.45, 7) is 4.83. The summed E-state index contributed by atoms with van der Waals surface area (Å²) in [5.74, 6) is -0.462. The quantitative estimate of drug-likeness (QED) is 0.642. The van der Waals surface area contributed by atoms with Gasteiger partial charge in [0.1, 0.15) is 0 Å². The number of benzene rings is 1. The van der Waals surface area contributed by atoms with Crippen molar-refractivity contribution in [2.75, 3.05) is 26.8 Å². The molecule has 26 heavy (non-hydrogen) atoms. The highest BCUT2D eigenvalue weighted by molar-refractivity contribution is 6.31. The first kappa shape index (κ1) is 20.7. The number of esters is 2. The molecule has 1 aromatic carbocycles. The van der Waals surface area contributed by atoms with Crippen LogP contribution in [0.25, 0.3) is 0 Å². The van der Waals surface area contributed by atoms with Crippen LogP contribution in [-0.2, 0) is 31.0 Å². The number of hydrogen-bond acceptors (Lipinski definition) is 5. The van der Waals surface area contributed by atoms with Crippen LogP contribution in [0.2, 0.25) is 5.02 Å². The Hall–Kier alpha value is -1.59. The topological polar surface area (TPSA) is 55.8 Å². The van der Waals surface area contributed by atoms with Crippen molar-refractivity contribution in [2.45, 2.75) is 51.5 Å². The Morgan fingerprint density at radius 3 is 2.58 bits per heavy atom. The van der Waals surface area contributed by atoms with Crippen LogP contribution >= 0.6 is 11.6 Å². The predicted octanol–water partition coefficient (Wildman–Crippen LogP) is 3.71. The molecule has 144 valence electrons. The first-order valence-corrected chi connectivity index (χ1v) is 9.62. The molecular weight excluding hydrogens is 354 g/mol. The molecule has 1 aromatic rings. The van der Waals surface area contributed by atoms with E-state index in [9.17, 15) is 9.59 Å². The lowest BCUT2D eigenvalue weighted by molar-refractivity contribution is -0.147. The standard InChI is InChI=1S/C20H28ClNO4/c1-4-25-18(23)11-13-22(3)20(14-19(24)26-5-2)12-7-8-15-16(20)9-6-10-17(15)21/h6,9-10H,4-5,7-8,11-14H2,1-3H3. The van der Waals surface area contributed by atoms with Gasteiger partial charge in [-0.1, -0.05) is 23.7 Å². The summed E-state index contributed by atoms with van der Waals surface area (Å²) in [7, 11) is 1.95. The molecule has 2 rings (SSSR count). The number of rotatable bonds is 8. The molecular formula is C20H28ClNO4. The van der Waals surface area contributed by atoms with Crippen LogP contribution in [0.15, 0.2) is 18.2 Å². The van der Waals surface area contributed by atoms with Crippen molar-refractivity contribution in [3.05, 3.63) is 34.3 Å². The van der Waals surface area contributed by atoms with Gasteiger partial charge in [0.2, 0.25) is 0 Å². The minimum absolute atomic E-state index is 0.229. The first-order chi connectivity index (χ1) is 12.4. The van der Waals surface area contributed by atoms with Gasteiger partial charge in [-0.15, -0.1) is 0 Å². The molecule has 0 saturated heterocycles. The Balaban J connectivity index is 2.34. The summed E-state index contributed by atoms with van der Waals surface area (Å²) in [5.41, 5.74) is 1.64. The Labute approximate surface area is 160 Å². The maximum absolute atomic E-state index is 12.4. The SMILES string of the molecule is CCOC(=O)CCN(C)C1(CC(=O)OCC)CCCc2c(Cl)cccc21. The summed E-state index contributed by atoms with van der Waals surface area (Å²) < 4.78 is 10.3. The van der Waals surface area contributed by atoms with Gasteiger partial charge in [-0.25, -0.2) is 0 Å². The fraction of sp³-hybridized carbons (Fsp3) is 0.600. The first-order valence-electron chi connectivity index (χ1n) is 9.25. The molecule has 0 heterocycles. The molecule has 5 nitrogen and oxygen atoms in total. The second kappa shape index (κ2) is 9.38. The second-order valence-electron chi connectivity index (χ2n) is 6.61. The Bertz CT molecular complexity index is 649. The van der Waals surface area contributed by atoms with Crippen LogP contribution in [-0.4, -0.2) is 43.6 Å². The molecule has 0 aromatic heterocycles. The average Bonchev–Trinajstić information content (AvgIpc) is 2.61. The largest absolute Gasteiger partial charge is 0.466 e. The van der Waals surface area contributed by atoms with E-state index < -0.39 is 5.54 Å². The van der Waals surface area contributed by atoms with Gasteiger partial charge in [0.15, 0.2) is 0 Å². The monoisotopic (exact) mass is 381 g/mol. The van der Waals surface area contributed by atoms with Gasteiger partial charge in [-0.2, -0.15) is 0 Å². The van der Waals surface area contributed by atoms with Crippen LogP contribution in [0.4, 0.5) is 0 Å². The number of carbonyl (C=O) groups excluding carboxylic acids is 2. The number of halogens is 1. The van der Waals surface area contributed by atoms with E-state index in [4.69, 9.17) is 21.1 Å². The van der Waals surface area contributed by atoms with Crippen molar-refractivity contribution in [3.8, 4) is 0 Å². The van der Waals surface area contributed by atoms with Gasteiger partial charge >= 0.3 is 11.9 Å². The van der Waals surface area contributed by atoms with Gasteiger partial charge in [0.05, 0.1) is 31.6 Å². The molecule has 0 amide bonds. The zero-order valence-electron chi connectivity index (χ0n) is 15.8. The number of fused-ring (bicyclic) bond motifs is 1. The maximum atomic E-state index is 12.4. The molecule has 0 saturated carbocycles. The van der Waals surface area contributed by atoms with E-state index in [2.05, 4.69) is 4.90 Å². The van der Waals surface area contributed by atoms with E-state index in [0.717, 1.165) is 35.4 Å². The predicted molar refractivity (Wildman–Crippen MR) is 101 cm³/mol. The lowest BCUT2D eigenvalue weighted by atomic mass is 9.73. The molecule has 0 radical (unpaired) electrons. The molecule has 0 N–H and O–H groups in total. The van der Waals surface area contributed by atoms with Crippen molar-refractivity contribution in [1.82, 2.24) is 4.90 Å². The zero-order chi connectivity index (χ0) is 19.2. The van der Waals surface area contributed by atoms with E-state index in [1.807, 2.05) is 25.2 Å². The van der Waals surface area contributed by atoms with Gasteiger partial charge in [-0.3, -0.25) is 14.5 Å². The third-order valence-corrected chi connectivity index (χ3v) is 5.42. The van der Waals surface area contributed by atoms with Crippen LogP contribution in [0, 0.1) is 0 Å². The minimum atomic E-state index is -0.517. The van der Waals surface area contributed by atoms with Crippen molar-refractivity contribution < 1.29 is 19.1 Å². The van der Waals surface area contributed by atoms with E-state index >= 15 is 0 Å². The normalized spacial score (nSPS) is 19.1. The maximum Gasteiger partial charge on any atom is 0.308 e. The van der Waals surface area contributed by atoms with E-state index in [1.54, 1.807) is 13.8 Å². The third-order valence-electron chi connectivity index (χ3n) is 5.07. The second-order valence-corrected chi connectivity index (χ2v) is 7.02. The number of carbonyl (C=O) groups is 2. The van der Waals surface area contributed by atoms with E-state index in [1.165, 1.54) is 0 Å². The van der Waals surface area contributed by atoms with E-state index in [0.29, 0.717) is 19.8 Å². The average molecular weight is 382 g/mol. The fourth-order valence-corrected chi connectivity index (χ4v) is 4.08. The third kappa shape index (κ3) is 4.57. The summed E-state index contributed by atoms with van der Waals surface area (Å²) in [4.78, 5) is 26.3. The Morgan fingerprint density at radius 1 is 1.19 bits per heavy atom. The number of ether oxygens (including phenoxy) is 2. The summed E-state index contributed by atoms with van der Waals surface area (Å²) in [6, 6.07) is 5.85. The lowest BCUT2D eigenvalue weighted by Crippen LogP contribution is -2.48. The van der Waals surface area contributed by atoms with Gasteiger partial charge in [0.25, 0.3) is 0 Å². The van der Waals surface area contributed by atoms with Gasteiger partial charge in [0, 0.05) is 11.6 Å². The molecule has 0 fully saturated rings. The molecule has 0 bridgehead atoms. The highest BCUT2D eigenvalue weighted by atomic mass is 35.5. The smallest absolute Gasteiger partial charge is 0.308 e. The van der Waals surface area contributed by atoms with Crippen LogP contribution in [0.3, 0.4) is 0 Å². The highest BCUT2D eigenvalue weighted by Crippen LogP contribution is 2.44. The fourth-order valence-electron chi connectivity index (χ4n) is 3.81. The van der Waals surface area contributed by atoms with Crippen molar-refractivity contribution >= 4 is 23.5 Å². The summed E-state index contributed by atoms with van der Waals surface area (Å²) in [6.07, 6.45) is 3.17. The lowest BCUT2D eigenvalue weighted by Gasteiger charge is -2.45. The molecule has 1 unspecified atom stereocenters. The molecule has 0 spiro atoms. The highest BCUT2D eigenvalue weighted by Gasteiger charge is 2.42.